The molecule has 3 rings (SSSR count). The van der Waals surface area contributed by atoms with E-state index in [0.717, 1.165) is 18.0 Å². The van der Waals surface area contributed by atoms with E-state index in [2.05, 4.69) is 15.6 Å². The van der Waals surface area contributed by atoms with Crippen molar-refractivity contribution >= 4 is 5.65 Å². The van der Waals surface area contributed by atoms with Gasteiger partial charge in [0.1, 0.15) is 11.4 Å². The van der Waals surface area contributed by atoms with Crippen molar-refractivity contribution < 1.29 is 4.74 Å². The molecule has 1 aliphatic rings. The zero-order valence-electron chi connectivity index (χ0n) is 8.81. The lowest BCUT2D eigenvalue weighted by Crippen LogP contribution is -1.98. The second kappa shape index (κ2) is 3.26. The lowest BCUT2D eigenvalue weighted by Gasteiger charge is -2.09. The third-order valence-corrected chi connectivity index (χ3v) is 2.84. The molecule has 0 N–H and O–H groups in total. The molecule has 78 valence electrons. The SMILES string of the molecule is CCOc1cc2nccn2cc1C1CC1. The van der Waals surface area contributed by atoms with Crippen LogP contribution in [0.1, 0.15) is 31.2 Å². The Morgan fingerprint density at radius 3 is 3.13 bits per heavy atom. The molecule has 0 unspecified atom stereocenters. The maximum atomic E-state index is 5.66. The van der Waals surface area contributed by atoms with Crippen molar-refractivity contribution in [3.05, 3.63) is 30.2 Å². The minimum Gasteiger partial charge on any atom is -0.493 e. The van der Waals surface area contributed by atoms with Crippen LogP contribution in [0.5, 0.6) is 5.75 Å². The number of imidazole rings is 1. The number of rotatable bonds is 3. The summed E-state index contributed by atoms with van der Waals surface area (Å²) in [6, 6.07) is 2.04. The Kier molecular flexibility index (Phi) is 1.91. The standard InChI is InChI=1S/C12H14N2O/c1-2-15-11-7-12-13-5-6-14(12)8-10(11)9-3-4-9/h5-9H,2-4H2,1H3. The molecule has 2 aromatic rings. The molecule has 3 nitrogen and oxygen atoms in total. The summed E-state index contributed by atoms with van der Waals surface area (Å²) in [5.74, 6) is 1.72. The zero-order chi connectivity index (χ0) is 10.3. The van der Waals surface area contributed by atoms with E-state index in [1.165, 1.54) is 18.4 Å². The normalized spacial score (nSPS) is 15.8. The first-order chi connectivity index (χ1) is 7.38. The van der Waals surface area contributed by atoms with Gasteiger partial charge in [0, 0.05) is 30.2 Å². The van der Waals surface area contributed by atoms with E-state index in [1.807, 2.05) is 25.4 Å². The minimum absolute atomic E-state index is 0.707. The predicted molar refractivity (Wildman–Crippen MR) is 58.3 cm³/mol. The highest BCUT2D eigenvalue weighted by Gasteiger charge is 2.27. The molecule has 1 saturated carbocycles. The Bertz CT molecular complexity index is 485. The van der Waals surface area contributed by atoms with Crippen molar-refractivity contribution in [2.75, 3.05) is 6.61 Å². The van der Waals surface area contributed by atoms with Gasteiger partial charge >= 0.3 is 0 Å². The summed E-state index contributed by atoms with van der Waals surface area (Å²) < 4.78 is 7.73. The molecule has 0 bridgehead atoms. The molecule has 0 radical (unpaired) electrons. The second-order valence-corrected chi connectivity index (χ2v) is 3.99. The van der Waals surface area contributed by atoms with E-state index >= 15 is 0 Å². The van der Waals surface area contributed by atoms with Gasteiger partial charge in [0.25, 0.3) is 0 Å². The molecule has 3 heteroatoms. The molecular formula is C12H14N2O. The number of pyridine rings is 1. The first-order valence-electron chi connectivity index (χ1n) is 5.48. The van der Waals surface area contributed by atoms with Gasteiger partial charge < -0.3 is 9.14 Å². The third kappa shape index (κ3) is 1.48. The summed E-state index contributed by atoms with van der Waals surface area (Å²) in [5.41, 5.74) is 2.30. The maximum absolute atomic E-state index is 5.66. The Balaban J connectivity index is 2.14. The molecule has 1 fully saturated rings. The lowest BCUT2D eigenvalue weighted by molar-refractivity contribution is 0.336. The van der Waals surface area contributed by atoms with Crippen molar-refractivity contribution in [1.29, 1.82) is 0 Å². The van der Waals surface area contributed by atoms with E-state index in [9.17, 15) is 0 Å². The smallest absolute Gasteiger partial charge is 0.140 e. The van der Waals surface area contributed by atoms with Crippen LogP contribution in [0, 0.1) is 0 Å². The van der Waals surface area contributed by atoms with Gasteiger partial charge in [0.05, 0.1) is 6.61 Å². The molecule has 2 heterocycles. The van der Waals surface area contributed by atoms with Crippen LogP contribution in [0.2, 0.25) is 0 Å². The van der Waals surface area contributed by atoms with E-state index in [1.54, 1.807) is 0 Å². The van der Waals surface area contributed by atoms with E-state index in [-0.39, 0.29) is 0 Å². The molecule has 0 spiro atoms. The maximum Gasteiger partial charge on any atom is 0.140 e. The average molecular weight is 202 g/mol. The largest absolute Gasteiger partial charge is 0.493 e. The van der Waals surface area contributed by atoms with E-state index in [4.69, 9.17) is 4.74 Å². The second-order valence-electron chi connectivity index (χ2n) is 3.99. The van der Waals surface area contributed by atoms with Crippen molar-refractivity contribution in [2.45, 2.75) is 25.7 Å². The van der Waals surface area contributed by atoms with Crippen LogP contribution in [0.3, 0.4) is 0 Å². The lowest BCUT2D eigenvalue weighted by atomic mass is 10.1. The molecule has 0 atom stereocenters. The monoisotopic (exact) mass is 202 g/mol. The fourth-order valence-corrected chi connectivity index (χ4v) is 1.94. The minimum atomic E-state index is 0.707. The number of aromatic nitrogens is 2. The fraction of sp³-hybridized carbons (Fsp3) is 0.417. The summed E-state index contributed by atoms with van der Waals surface area (Å²) in [6.07, 6.45) is 8.55. The van der Waals surface area contributed by atoms with Crippen LogP contribution >= 0.6 is 0 Å². The summed E-state index contributed by atoms with van der Waals surface area (Å²) in [7, 11) is 0. The number of nitrogens with zero attached hydrogens (tertiary/aromatic N) is 2. The first-order valence-corrected chi connectivity index (χ1v) is 5.48. The van der Waals surface area contributed by atoms with Crippen LogP contribution in [-0.4, -0.2) is 16.0 Å². The third-order valence-electron chi connectivity index (χ3n) is 2.84. The van der Waals surface area contributed by atoms with Gasteiger partial charge in [0.2, 0.25) is 0 Å². The van der Waals surface area contributed by atoms with Crippen molar-refractivity contribution in [3.63, 3.8) is 0 Å². The molecule has 15 heavy (non-hydrogen) atoms. The van der Waals surface area contributed by atoms with Gasteiger partial charge in [-0.2, -0.15) is 0 Å². The Morgan fingerprint density at radius 2 is 2.40 bits per heavy atom. The molecule has 2 aromatic heterocycles. The number of hydrogen-bond acceptors (Lipinski definition) is 2. The van der Waals surface area contributed by atoms with Crippen molar-refractivity contribution in [1.82, 2.24) is 9.38 Å². The van der Waals surface area contributed by atoms with Crippen LogP contribution in [0.4, 0.5) is 0 Å². The number of fused-ring (bicyclic) bond motifs is 1. The number of hydrogen-bond donors (Lipinski definition) is 0. The first kappa shape index (κ1) is 8.77. The molecular weight excluding hydrogens is 188 g/mol. The van der Waals surface area contributed by atoms with Crippen LogP contribution in [-0.2, 0) is 0 Å². The summed E-state index contributed by atoms with van der Waals surface area (Å²) >= 11 is 0. The van der Waals surface area contributed by atoms with E-state index < -0.39 is 0 Å². The zero-order valence-corrected chi connectivity index (χ0v) is 8.81. The molecule has 0 saturated heterocycles. The Labute approximate surface area is 88.7 Å². The summed E-state index contributed by atoms with van der Waals surface area (Å²) in [4.78, 5) is 4.27. The fourth-order valence-electron chi connectivity index (χ4n) is 1.94. The Morgan fingerprint density at radius 1 is 1.53 bits per heavy atom. The Hall–Kier alpha value is -1.51. The van der Waals surface area contributed by atoms with Gasteiger partial charge in [-0.1, -0.05) is 0 Å². The van der Waals surface area contributed by atoms with Gasteiger partial charge in [-0.3, -0.25) is 0 Å². The van der Waals surface area contributed by atoms with Gasteiger partial charge in [-0.15, -0.1) is 0 Å². The quantitative estimate of drug-likeness (QED) is 0.764. The van der Waals surface area contributed by atoms with E-state index in [0.29, 0.717) is 5.92 Å². The molecule has 1 aliphatic carbocycles. The van der Waals surface area contributed by atoms with Crippen molar-refractivity contribution in [2.24, 2.45) is 0 Å². The van der Waals surface area contributed by atoms with Crippen LogP contribution in [0.25, 0.3) is 5.65 Å². The van der Waals surface area contributed by atoms with Crippen LogP contribution < -0.4 is 4.74 Å². The highest BCUT2D eigenvalue weighted by molar-refractivity contribution is 5.50. The van der Waals surface area contributed by atoms with Crippen molar-refractivity contribution in [3.8, 4) is 5.75 Å². The molecule has 0 amide bonds. The van der Waals surface area contributed by atoms with Gasteiger partial charge in [0.15, 0.2) is 0 Å². The molecule has 0 aliphatic heterocycles. The van der Waals surface area contributed by atoms with Gasteiger partial charge in [-0.05, 0) is 25.7 Å². The topological polar surface area (TPSA) is 26.5 Å². The number of ether oxygens (including phenoxy) is 1. The van der Waals surface area contributed by atoms with Crippen LogP contribution in [0.15, 0.2) is 24.7 Å². The highest BCUT2D eigenvalue weighted by atomic mass is 16.5. The molecule has 0 aromatic carbocycles. The summed E-state index contributed by atoms with van der Waals surface area (Å²) in [6.45, 7) is 2.74. The summed E-state index contributed by atoms with van der Waals surface area (Å²) in [5, 5.41) is 0. The highest BCUT2D eigenvalue weighted by Crippen LogP contribution is 2.44. The predicted octanol–water partition coefficient (Wildman–Crippen LogP) is 2.61. The average Bonchev–Trinajstić information content (AvgIpc) is 2.98. The van der Waals surface area contributed by atoms with Gasteiger partial charge in [-0.25, -0.2) is 4.98 Å².